The summed E-state index contributed by atoms with van der Waals surface area (Å²) in [7, 11) is 1.84. The van der Waals surface area contributed by atoms with Crippen LogP contribution >= 0.6 is 35.7 Å². The average molecular weight is 506 g/mol. The lowest BCUT2D eigenvalue weighted by molar-refractivity contribution is 0.0782. The highest BCUT2D eigenvalue weighted by atomic mass is 127. The number of hydrogen-bond donors (Lipinski definition) is 2. The van der Waals surface area contributed by atoms with Crippen LogP contribution in [0.25, 0.3) is 0 Å². The monoisotopic (exact) mass is 506 g/mol. The zero-order chi connectivity index (χ0) is 18.2. The average Bonchev–Trinajstić information content (AvgIpc) is 2.72. The van der Waals surface area contributed by atoms with E-state index in [4.69, 9.17) is 4.74 Å². The molecule has 3 rings (SSSR count). The van der Waals surface area contributed by atoms with Crippen LogP contribution in [0.1, 0.15) is 25.7 Å². The summed E-state index contributed by atoms with van der Waals surface area (Å²) in [6.07, 6.45) is 10.2. The van der Waals surface area contributed by atoms with E-state index in [2.05, 4.69) is 36.7 Å². The van der Waals surface area contributed by atoms with Crippen molar-refractivity contribution in [3.8, 4) is 0 Å². The molecule has 9 heteroatoms. The molecule has 2 fully saturated rings. The van der Waals surface area contributed by atoms with Gasteiger partial charge < -0.3 is 20.3 Å². The molecule has 0 aromatic carbocycles. The number of halogens is 1. The molecule has 3 heterocycles. The van der Waals surface area contributed by atoms with Gasteiger partial charge in [0.2, 0.25) is 5.95 Å². The smallest absolute Gasteiger partial charge is 0.225 e. The third-order valence-electron chi connectivity index (χ3n) is 5.24. The minimum absolute atomic E-state index is 0. The molecule has 0 aliphatic carbocycles. The van der Waals surface area contributed by atoms with E-state index in [1.54, 1.807) is 12.4 Å². The van der Waals surface area contributed by atoms with Gasteiger partial charge in [-0.15, -0.1) is 24.0 Å². The highest BCUT2D eigenvalue weighted by Crippen LogP contribution is 2.32. The lowest BCUT2D eigenvalue weighted by atomic mass is 9.99. The number of nitrogens with one attached hydrogen (secondary N) is 2. The van der Waals surface area contributed by atoms with Crippen LogP contribution in [0.4, 0.5) is 5.95 Å². The van der Waals surface area contributed by atoms with Crippen LogP contribution in [-0.2, 0) is 4.74 Å². The molecule has 0 spiro atoms. The number of hydrogen-bond acceptors (Lipinski definition) is 6. The van der Waals surface area contributed by atoms with Gasteiger partial charge in [0, 0.05) is 63.1 Å². The minimum atomic E-state index is 0. The number of aliphatic imine (C=N–C) groups is 1. The fourth-order valence-corrected chi connectivity index (χ4v) is 4.35. The van der Waals surface area contributed by atoms with Gasteiger partial charge in [-0.05, 0) is 38.0 Å². The molecule has 2 aliphatic rings. The van der Waals surface area contributed by atoms with Crippen molar-refractivity contribution >= 4 is 47.6 Å². The molecule has 2 saturated heterocycles. The van der Waals surface area contributed by atoms with E-state index in [1.165, 1.54) is 0 Å². The van der Waals surface area contributed by atoms with Gasteiger partial charge in [0.05, 0.1) is 0 Å². The molecule has 0 radical (unpaired) electrons. The molecule has 0 amide bonds. The second kappa shape index (κ2) is 11.3. The maximum atomic E-state index is 5.53. The van der Waals surface area contributed by atoms with Crippen LogP contribution in [0.2, 0.25) is 0 Å². The Morgan fingerprint density at radius 3 is 2.78 bits per heavy atom. The van der Waals surface area contributed by atoms with Crippen LogP contribution in [0.3, 0.4) is 0 Å². The van der Waals surface area contributed by atoms with Gasteiger partial charge in [0.1, 0.15) is 0 Å². The quantitative estimate of drug-likeness (QED) is 0.360. The largest absolute Gasteiger partial charge is 0.381 e. The van der Waals surface area contributed by atoms with Crippen molar-refractivity contribution in [2.45, 2.75) is 36.5 Å². The maximum Gasteiger partial charge on any atom is 0.225 e. The molecule has 152 valence electrons. The van der Waals surface area contributed by atoms with E-state index in [0.717, 1.165) is 70.4 Å². The Hall–Kier alpha value is -0.810. The summed E-state index contributed by atoms with van der Waals surface area (Å²) < 4.78 is 5.77. The molecular weight excluding hydrogens is 475 g/mol. The van der Waals surface area contributed by atoms with E-state index in [9.17, 15) is 0 Å². The van der Waals surface area contributed by atoms with Crippen molar-refractivity contribution in [3.05, 3.63) is 18.5 Å². The number of guanidine groups is 1. The molecular formula is C18H31IN6OS. The third kappa shape index (κ3) is 6.35. The van der Waals surface area contributed by atoms with Crippen molar-refractivity contribution in [3.63, 3.8) is 0 Å². The summed E-state index contributed by atoms with van der Waals surface area (Å²) in [5, 5.41) is 7.13. The van der Waals surface area contributed by atoms with Crippen LogP contribution in [0, 0.1) is 0 Å². The Bertz CT molecular complexity index is 584. The second-order valence-corrected chi connectivity index (χ2v) is 8.18. The molecule has 1 aromatic heterocycles. The highest BCUT2D eigenvalue weighted by molar-refractivity contribution is 14.0. The predicted octanol–water partition coefficient (Wildman–Crippen LogP) is 2.14. The lowest BCUT2D eigenvalue weighted by Gasteiger charge is -2.37. The van der Waals surface area contributed by atoms with Crippen LogP contribution in [-0.4, -0.2) is 72.9 Å². The number of rotatable bonds is 5. The Kier molecular flexibility index (Phi) is 9.37. The van der Waals surface area contributed by atoms with Crippen LogP contribution in [0.15, 0.2) is 23.5 Å². The molecule has 1 unspecified atom stereocenters. The number of ether oxygens (including phenoxy) is 1. The molecule has 2 N–H and O–H groups in total. The zero-order valence-electron chi connectivity index (χ0n) is 16.2. The topological polar surface area (TPSA) is 74.7 Å². The summed E-state index contributed by atoms with van der Waals surface area (Å²) in [6, 6.07) is 2.20. The van der Waals surface area contributed by atoms with E-state index in [-0.39, 0.29) is 28.7 Å². The first-order valence-corrected chi connectivity index (χ1v) is 10.6. The summed E-state index contributed by atoms with van der Waals surface area (Å²) in [4.78, 5) is 15.4. The third-order valence-corrected chi connectivity index (χ3v) is 6.65. The normalized spacial score (nSPS) is 22.7. The van der Waals surface area contributed by atoms with Crippen LogP contribution < -0.4 is 15.5 Å². The number of thioether (sulfide) groups is 1. The number of nitrogens with zero attached hydrogens (tertiary/aromatic N) is 4. The van der Waals surface area contributed by atoms with Crippen molar-refractivity contribution in [1.29, 1.82) is 0 Å². The Balaban J connectivity index is 0.00000261. The predicted molar refractivity (Wildman–Crippen MR) is 123 cm³/mol. The van der Waals surface area contributed by atoms with Gasteiger partial charge in [-0.25, -0.2) is 9.97 Å². The number of aromatic nitrogens is 2. The first-order valence-electron chi connectivity index (χ1n) is 9.37. The molecule has 2 aliphatic heterocycles. The van der Waals surface area contributed by atoms with Crippen molar-refractivity contribution < 1.29 is 4.74 Å². The molecule has 27 heavy (non-hydrogen) atoms. The summed E-state index contributed by atoms with van der Waals surface area (Å²) in [6.45, 7) is 4.51. The Labute approximate surface area is 183 Å². The van der Waals surface area contributed by atoms with Crippen molar-refractivity contribution in [1.82, 2.24) is 20.6 Å². The molecule has 1 aromatic rings. The standard InChI is InChI=1S/C18H30N6OS.HI/c1-19-16(22-14-18(26-2)6-11-25-12-7-18)23-15-5-3-10-24(13-15)17-20-8-4-9-21-17;/h4,8-9,15H,3,5-7,10-14H2,1-2H3,(H2,19,22,23);1H. The molecule has 1 atom stereocenters. The molecule has 7 nitrogen and oxygen atoms in total. The first kappa shape index (κ1) is 22.5. The van der Waals surface area contributed by atoms with Gasteiger partial charge in [-0.2, -0.15) is 11.8 Å². The first-order chi connectivity index (χ1) is 12.7. The van der Waals surface area contributed by atoms with E-state index in [0.29, 0.717) is 6.04 Å². The number of anilines is 1. The van der Waals surface area contributed by atoms with Crippen molar-refractivity contribution in [2.24, 2.45) is 4.99 Å². The van der Waals surface area contributed by atoms with E-state index >= 15 is 0 Å². The van der Waals surface area contributed by atoms with E-state index < -0.39 is 0 Å². The van der Waals surface area contributed by atoms with Gasteiger partial charge in [0.15, 0.2) is 5.96 Å². The van der Waals surface area contributed by atoms with E-state index in [1.807, 2.05) is 24.9 Å². The maximum absolute atomic E-state index is 5.53. The zero-order valence-corrected chi connectivity index (χ0v) is 19.3. The van der Waals surface area contributed by atoms with Crippen molar-refractivity contribution in [2.75, 3.05) is 51.1 Å². The molecule has 0 bridgehead atoms. The fourth-order valence-electron chi connectivity index (χ4n) is 3.56. The van der Waals surface area contributed by atoms with Gasteiger partial charge in [-0.3, -0.25) is 4.99 Å². The summed E-state index contributed by atoms with van der Waals surface area (Å²) >= 11 is 1.94. The lowest BCUT2D eigenvalue weighted by Crippen LogP contribution is -2.54. The summed E-state index contributed by atoms with van der Waals surface area (Å²) in [5.41, 5.74) is 0. The molecule has 0 saturated carbocycles. The number of piperidine rings is 1. The Morgan fingerprint density at radius 2 is 2.11 bits per heavy atom. The Morgan fingerprint density at radius 1 is 1.37 bits per heavy atom. The highest BCUT2D eigenvalue weighted by Gasteiger charge is 2.32. The van der Waals surface area contributed by atoms with Gasteiger partial charge in [-0.1, -0.05) is 0 Å². The second-order valence-electron chi connectivity index (χ2n) is 6.90. The SMILES string of the molecule is CN=C(NCC1(SC)CCOCC1)NC1CCCN(c2ncccn2)C1.I. The van der Waals surface area contributed by atoms with Crippen LogP contribution in [0.5, 0.6) is 0 Å². The van der Waals surface area contributed by atoms with Gasteiger partial charge in [0.25, 0.3) is 0 Å². The minimum Gasteiger partial charge on any atom is -0.381 e. The van der Waals surface area contributed by atoms with Gasteiger partial charge >= 0.3 is 0 Å². The summed E-state index contributed by atoms with van der Waals surface area (Å²) in [5.74, 6) is 1.69. The fraction of sp³-hybridized carbons (Fsp3) is 0.722.